The number of carbonyl (C=O) groups is 1. The molecule has 1 aromatic heterocycles. The minimum atomic E-state index is -0.221. The maximum atomic E-state index is 12.9. The van der Waals surface area contributed by atoms with Crippen LogP contribution in [0.5, 0.6) is 17.2 Å². The Hall–Kier alpha value is -4.00. The molecule has 7 nitrogen and oxygen atoms in total. The minimum Gasteiger partial charge on any atom is -0.493 e. The Balaban J connectivity index is 1.54. The van der Waals surface area contributed by atoms with Crippen molar-refractivity contribution in [2.24, 2.45) is 0 Å². The van der Waals surface area contributed by atoms with Crippen LogP contribution in [0.15, 0.2) is 54.6 Å². The van der Waals surface area contributed by atoms with E-state index in [1.54, 1.807) is 12.1 Å². The van der Waals surface area contributed by atoms with Crippen LogP contribution in [-0.2, 0) is 13.0 Å². The number of nitrogens with one attached hydrogen (secondary N) is 1. The van der Waals surface area contributed by atoms with Gasteiger partial charge in [-0.3, -0.25) is 4.79 Å². The number of hydrogen-bond donors (Lipinski definition) is 1. The van der Waals surface area contributed by atoms with Gasteiger partial charge < -0.3 is 24.1 Å². The molecule has 0 unspecified atom stereocenters. The summed E-state index contributed by atoms with van der Waals surface area (Å²) < 4.78 is 18.3. The quantitative estimate of drug-likeness (QED) is 0.381. The van der Waals surface area contributed by atoms with Crippen LogP contribution in [-0.4, -0.2) is 43.3 Å². The van der Waals surface area contributed by atoms with Gasteiger partial charge in [-0.1, -0.05) is 35.9 Å². The summed E-state index contributed by atoms with van der Waals surface area (Å²) >= 11 is 0. The van der Waals surface area contributed by atoms with Gasteiger partial charge in [0.1, 0.15) is 5.82 Å². The van der Waals surface area contributed by atoms with Crippen LogP contribution >= 0.6 is 0 Å². The van der Waals surface area contributed by atoms with E-state index in [1.165, 1.54) is 38.0 Å². The normalized spacial score (nSPS) is 10.9. The Morgan fingerprint density at radius 2 is 1.66 bits per heavy atom. The summed E-state index contributed by atoms with van der Waals surface area (Å²) in [5, 5.41) is 3.00. The summed E-state index contributed by atoms with van der Waals surface area (Å²) in [5.41, 5.74) is 6.20. The first-order chi connectivity index (χ1) is 16.9. The number of aryl methyl sites for hydroxylation is 2. The van der Waals surface area contributed by atoms with Crippen molar-refractivity contribution in [3.8, 4) is 17.2 Å². The van der Waals surface area contributed by atoms with Crippen LogP contribution in [0, 0.1) is 13.8 Å². The van der Waals surface area contributed by atoms with Crippen LogP contribution in [0.2, 0.25) is 0 Å². The molecule has 35 heavy (non-hydrogen) atoms. The molecule has 0 aliphatic rings. The molecule has 182 valence electrons. The van der Waals surface area contributed by atoms with Crippen LogP contribution < -0.4 is 19.5 Å². The minimum absolute atomic E-state index is 0.221. The third-order valence-electron chi connectivity index (χ3n) is 6.13. The molecule has 1 heterocycles. The maximum Gasteiger partial charge on any atom is 0.251 e. The standard InChI is InChI=1S/C28H31N3O4/c1-18-10-11-19(2)21(14-18)17-31-23-9-7-6-8-22(23)30-26(31)12-13-29-28(32)20-15-24(33-3)27(35-5)25(16-20)34-4/h6-11,14-16H,12-13,17H2,1-5H3,(H,29,32). The van der Waals surface area contributed by atoms with Crippen molar-refractivity contribution in [1.82, 2.24) is 14.9 Å². The molecule has 0 aliphatic carbocycles. The van der Waals surface area contributed by atoms with E-state index < -0.39 is 0 Å². The fourth-order valence-corrected chi connectivity index (χ4v) is 4.24. The van der Waals surface area contributed by atoms with Gasteiger partial charge in [0, 0.05) is 25.1 Å². The van der Waals surface area contributed by atoms with Gasteiger partial charge in [0.2, 0.25) is 5.75 Å². The summed E-state index contributed by atoms with van der Waals surface area (Å²) in [4.78, 5) is 17.8. The van der Waals surface area contributed by atoms with Gasteiger partial charge in [-0.05, 0) is 49.2 Å². The van der Waals surface area contributed by atoms with E-state index in [0.29, 0.717) is 35.8 Å². The van der Waals surface area contributed by atoms with Gasteiger partial charge in [-0.15, -0.1) is 0 Å². The number of aromatic nitrogens is 2. The van der Waals surface area contributed by atoms with Crippen molar-refractivity contribution in [3.63, 3.8) is 0 Å². The first-order valence-corrected chi connectivity index (χ1v) is 11.5. The van der Waals surface area contributed by atoms with E-state index >= 15 is 0 Å². The zero-order valence-corrected chi connectivity index (χ0v) is 20.8. The fraction of sp³-hybridized carbons (Fsp3) is 0.286. The van der Waals surface area contributed by atoms with Crippen LogP contribution in [0.4, 0.5) is 0 Å². The number of rotatable bonds is 9. The number of hydrogen-bond acceptors (Lipinski definition) is 5. The number of para-hydroxylation sites is 2. The summed E-state index contributed by atoms with van der Waals surface area (Å²) in [7, 11) is 4.59. The molecule has 0 spiro atoms. The zero-order chi connectivity index (χ0) is 24.9. The van der Waals surface area contributed by atoms with Crippen LogP contribution in [0.1, 0.15) is 32.9 Å². The first kappa shape index (κ1) is 24.1. The third-order valence-corrected chi connectivity index (χ3v) is 6.13. The van der Waals surface area contributed by atoms with E-state index in [4.69, 9.17) is 19.2 Å². The number of benzene rings is 3. The molecule has 3 aromatic carbocycles. The van der Waals surface area contributed by atoms with Crippen molar-refractivity contribution >= 4 is 16.9 Å². The molecule has 0 saturated carbocycles. The van der Waals surface area contributed by atoms with Gasteiger partial charge in [0.15, 0.2) is 11.5 Å². The Morgan fingerprint density at radius 3 is 2.34 bits per heavy atom. The van der Waals surface area contributed by atoms with Gasteiger partial charge in [-0.25, -0.2) is 4.98 Å². The lowest BCUT2D eigenvalue weighted by molar-refractivity contribution is 0.0953. The number of nitrogens with zero attached hydrogens (tertiary/aromatic N) is 2. The Labute approximate surface area is 205 Å². The number of methoxy groups -OCH3 is 3. The molecule has 0 saturated heterocycles. The molecule has 1 amide bonds. The largest absolute Gasteiger partial charge is 0.493 e. The van der Waals surface area contributed by atoms with E-state index in [0.717, 1.165) is 23.4 Å². The number of ether oxygens (including phenoxy) is 3. The van der Waals surface area contributed by atoms with Crippen molar-refractivity contribution in [3.05, 3.63) is 82.7 Å². The van der Waals surface area contributed by atoms with Gasteiger partial charge in [0.25, 0.3) is 5.91 Å². The molecule has 0 atom stereocenters. The highest BCUT2D eigenvalue weighted by atomic mass is 16.5. The highest BCUT2D eigenvalue weighted by Gasteiger charge is 2.17. The maximum absolute atomic E-state index is 12.9. The molecule has 4 rings (SSSR count). The number of fused-ring (bicyclic) bond motifs is 1. The van der Waals surface area contributed by atoms with E-state index in [1.807, 2.05) is 18.2 Å². The van der Waals surface area contributed by atoms with E-state index in [9.17, 15) is 4.79 Å². The number of carbonyl (C=O) groups excluding carboxylic acids is 1. The highest BCUT2D eigenvalue weighted by molar-refractivity contribution is 5.95. The highest BCUT2D eigenvalue weighted by Crippen LogP contribution is 2.38. The SMILES string of the molecule is COc1cc(C(=O)NCCc2nc3ccccc3n2Cc2cc(C)ccc2C)cc(OC)c1OC. The lowest BCUT2D eigenvalue weighted by Crippen LogP contribution is -2.26. The molecule has 0 aliphatic heterocycles. The molecule has 7 heteroatoms. The van der Waals surface area contributed by atoms with Gasteiger partial charge in [-0.2, -0.15) is 0 Å². The molecular formula is C28H31N3O4. The fourth-order valence-electron chi connectivity index (χ4n) is 4.24. The summed E-state index contributed by atoms with van der Waals surface area (Å²) in [6.07, 6.45) is 0.593. The monoisotopic (exact) mass is 473 g/mol. The van der Waals surface area contributed by atoms with E-state index in [2.05, 4.69) is 48.0 Å². The Bertz CT molecular complexity index is 1330. The Morgan fingerprint density at radius 1 is 0.943 bits per heavy atom. The van der Waals surface area contributed by atoms with Crippen LogP contribution in [0.25, 0.3) is 11.0 Å². The molecule has 0 fully saturated rings. The lowest BCUT2D eigenvalue weighted by atomic mass is 10.1. The average molecular weight is 474 g/mol. The Kier molecular flexibility index (Phi) is 7.25. The van der Waals surface area contributed by atoms with Crippen molar-refractivity contribution < 1.29 is 19.0 Å². The number of imidazole rings is 1. The van der Waals surface area contributed by atoms with Crippen LogP contribution in [0.3, 0.4) is 0 Å². The second-order valence-electron chi connectivity index (χ2n) is 8.45. The molecule has 0 bridgehead atoms. The first-order valence-electron chi connectivity index (χ1n) is 11.5. The van der Waals surface area contributed by atoms with E-state index in [-0.39, 0.29) is 5.91 Å². The molecular weight excluding hydrogens is 442 g/mol. The third kappa shape index (κ3) is 5.09. The lowest BCUT2D eigenvalue weighted by Gasteiger charge is -2.14. The van der Waals surface area contributed by atoms with Crippen molar-refractivity contribution in [2.75, 3.05) is 27.9 Å². The topological polar surface area (TPSA) is 74.6 Å². The van der Waals surface area contributed by atoms with Gasteiger partial charge >= 0.3 is 0 Å². The molecule has 0 radical (unpaired) electrons. The summed E-state index contributed by atoms with van der Waals surface area (Å²) in [5.74, 6) is 2.03. The summed E-state index contributed by atoms with van der Waals surface area (Å²) in [6.45, 7) is 5.40. The zero-order valence-electron chi connectivity index (χ0n) is 20.8. The smallest absolute Gasteiger partial charge is 0.251 e. The average Bonchev–Trinajstić information content (AvgIpc) is 3.22. The van der Waals surface area contributed by atoms with Gasteiger partial charge in [0.05, 0.1) is 32.4 Å². The molecule has 1 N–H and O–H groups in total. The molecule has 4 aromatic rings. The predicted octanol–water partition coefficient (Wildman–Crippen LogP) is 4.70. The number of amides is 1. The van der Waals surface area contributed by atoms with Crippen molar-refractivity contribution in [2.45, 2.75) is 26.8 Å². The van der Waals surface area contributed by atoms with Crippen molar-refractivity contribution in [1.29, 1.82) is 0 Å². The summed E-state index contributed by atoms with van der Waals surface area (Å²) in [6, 6.07) is 17.9. The second-order valence-corrected chi connectivity index (χ2v) is 8.45. The predicted molar refractivity (Wildman–Crippen MR) is 137 cm³/mol. The second kappa shape index (κ2) is 10.5.